The number of likely N-dealkylation sites (tertiary alicyclic amines) is 2. The zero-order valence-corrected chi connectivity index (χ0v) is 35.9. The molecular formula is C44H46N10O10. The van der Waals surface area contributed by atoms with Crippen LogP contribution < -0.4 is 31.6 Å². The first kappa shape index (κ1) is 44.4. The third-order valence-electron chi connectivity index (χ3n) is 11.3. The lowest BCUT2D eigenvalue weighted by Gasteiger charge is -2.13. The van der Waals surface area contributed by atoms with Gasteiger partial charge in [-0.3, -0.25) is 28.8 Å². The fraction of sp³-hybridized carbons (Fsp3) is 0.364. The minimum atomic E-state index is -1.73. The maximum absolute atomic E-state index is 12.6. The highest BCUT2D eigenvalue weighted by Gasteiger charge is 2.43. The molecule has 2 aromatic carbocycles. The summed E-state index contributed by atoms with van der Waals surface area (Å²) in [6, 6.07) is 10.1. The molecule has 0 bridgehead atoms. The van der Waals surface area contributed by atoms with Gasteiger partial charge in [0, 0.05) is 77.1 Å². The second kappa shape index (κ2) is 16.9. The van der Waals surface area contributed by atoms with Crippen LogP contribution in [-0.4, -0.2) is 141 Å². The number of nitrogens with zero attached hydrogens (tertiary/aromatic N) is 6. The smallest absolute Gasteiger partial charge is 0.270 e. The fourth-order valence-corrected chi connectivity index (χ4v) is 7.83. The van der Waals surface area contributed by atoms with E-state index >= 15 is 0 Å². The van der Waals surface area contributed by atoms with Crippen LogP contribution in [-0.2, 0) is 9.59 Å². The number of aliphatic hydroxyl groups is 2. The number of rotatable bonds is 4. The van der Waals surface area contributed by atoms with E-state index in [2.05, 4.69) is 44.5 Å². The average molecular weight is 875 g/mol. The van der Waals surface area contributed by atoms with Gasteiger partial charge >= 0.3 is 0 Å². The number of fused-ring (bicyclic) bond motifs is 6. The largest absolute Gasteiger partial charge is 0.491 e. The van der Waals surface area contributed by atoms with E-state index in [0.29, 0.717) is 58.5 Å². The van der Waals surface area contributed by atoms with Crippen molar-refractivity contribution in [2.45, 2.75) is 49.7 Å². The summed E-state index contributed by atoms with van der Waals surface area (Å²) in [6.45, 7) is 5.08. The van der Waals surface area contributed by atoms with E-state index in [4.69, 9.17) is 20.9 Å². The van der Waals surface area contributed by atoms with Crippen LogP contribution in [0, 0.1) is 23.7 Å². The Balaban J connectivity index is 0.000000191. The van der Waals surface area contributed by atoms with Crippen molar-refractivity contribution in [2.75, 3.05) is 54.5 Å². The molecule has 8 N–H and O–H groups in total. The van der Waals surface area contributed by atoms with Gasteiger partial charge in [-0.05, 0) is 36.4 Å². The first-order valence-electron chi connectivity index (χ1n) is 20.2. The maximum atomic E-state index is 12.6. The zero-order chi connectivity index (χ0) is 46.4. The molecule has 0 unspecified atom stereocenters. The number of carbonyl (C=O) groups is 6. The van der Waals surface area contributed by atoms with Gasteiger partial charge < -0.3 is 51.6 Å². The third-order valence-corrected chi connectivity index (χ3v) is 11.3. The average Bonchev–Trinajstić information content (AvgIpc) is 3.98. The number of hydrogen-bond donors (Lipinski definition) is 6. The fourth-order valence-electron chi connectivity index (χ4n) is 7.83. The van der Waals surface area contributed by atoms with Crippen LogP contribution in [0.1, 0.15) is 103 Å². The van der Waals surface area contributed by atoms with Crippen molar-refractivity contribution in [1.82, 2.24) is 40.0 Å². The summed E-state index contributed by atoms with van der Waals surface area (Å²) in [4.78, 5) is 76.4. The Hall–Kier alpha value is -7.68. The van der Waals surface area contributed by atoms with Gasteiger partial charge in [-0.2, -0.15) is 10.2 Å². The normalized spacial score (nSPS) is 21.6. The Morgan fingerprint density at radius 3 is 1.39 bits per heavy atom. The number of hydrogen-bond acceptors (Lipinski definition) is 12. The van der Waals surface area contributed by atoms with Crippen molar-refractivity contribution < 1.29 is 48.5 Å². The van der Waals surface area contributed by atoms with Crippen molar-refractivity contribution in [3.63, 3.8) is 0 Å². The number of benzene rings is 2. The minimum absolute atomic E-state index is 0.106. The van der Waals surface area contributed by atoms with Crippen molar-refractivity contribution in [2.24, 2.45) is 11.5 Å². The van der Waals surface area contributed by atoms with Crippen LogP contribution in [0.3, 0.4) is 0 Å². The molecule has 2 aromatic heterocycles. The van der Waals surface area contributed by atoms with Crippen molar-refractivity contribution in [1.29, 1.82) is 0 Å². The monoisotopic (exact) mass is 874 g/mol. The molecule has 2 saturated heterocycles. The Bertz CT molecular complexity index is 2600. The second-order valence-corrected chi connectivity index (χ2v) is 15.9. The van der Waals surface area contributed by atoms with Crippen LogP contribution in [0.2, 0.25) is 0 Å². The first-order chi connectivity index (χ1) is 30.3. The Morgan fingerprint density at radius 2 is 1.08 bits per heavy atom. The van der Waals surface area contributed by atoms with E-state index in [1.165, 1.54) is 33.3 Å². The molecule has 4 aromatic rings. The molecule has 8 rings (SSSR count). The molecule has 20 nitrogen and oxygen atoms in total. The van der Waals surface area contributed by atoms with Gasteiger partial charge in [0.05, 0.1) is 35.7 Å². The number of primary amides is 2. The summed E-state index contributed by atoms with van der Waals surface area (Å²) in [7, 11) is 6.15. The van der Waals surface area contributed by atoms with Gasteiger partial charge in [0.25, 0.3) is 35.4 Å². The maximum Gasteiger partial charge on any atom is 0.270 e. The highest BCUT2D eigenvalue weighted by atomic mass is 16.5. The van der Waals surface area contributed by atoms with Crippen LogP contribution in [0.4, 0.5) is 0 Å². The molecule has 2 fully saturated rings. The minimum Gasteiger partial charge on any atom is -0.491 e. The Morgan fingerprint density at radius 1 is 0.703 bits per heavy atom. The molecule has 0 spiro atoms. The summed E-state index contributed by atoms with van der Waals surface area (Å²) in [5.74, 6) is 8.04. The first-order valence-corrected chi connectivity index (χ1v) is 20.2. The van der Waals surface area contributed by atoms with Gasteiger partial charge in [-0.15, -0.1) is 0 Å². The molecular weight excluding hydrogens is 829 g/mol. The van der Waals surface area contributed by atoms with Gasteiger partial charge in [0.2, 0.25) is 11.2 Å². The summed E-state index contributed by atoms with van der Waals surface area (Å²) in [5, 5.41) is 34.8. The predicted octanol–water partition coefficient (Wildman–Crippen LogP) is -0.457. The quantitative estimate of drug-likeness (QED) is 0.142. The highest BCUT2D eigenvalue weighted by Crippen LogP contribution is 2.37. The van der Waals surface area contributed by atoms with Gasteiger partial charge in [-0.1, -0.05) is 37.5 Å². The van der Waals surface area contributed by atoms with Crippen LogP contribution in [0.15, 0.2) is 36.4 Å². The molecule has 0 saturated carbocycles. The summed E-state index contributed by atoms with van der Waals surface area (Å²) < 4.78 is 14.7. The van der Waals surface area contributed by atoms with E-state index in [1.54, 1.807) is 50.5 Å². The lowest BCUT2D eigenvalue weighted by atomic mass is 10.0. The van der Waals surface area contributed by atoms with E-state index < -0.39 is 46.6 Å². The lowest BCUT2D eigenvalue weighted by Crippen LogP contribution is -2.37. The van der Waals surface area contributed by atoms with Crippen LogP contribution in [0.5, 0.6) is 11.5 Å². The zero-order valence-electron chi connectivity index (χ0n) is 35.9. The number of amides is 6. The van der Waals surface area contributed by atoms with Gasteiger partial charge in [-0.25, -0.2) is 9.36 Å². The van der Waals surface area contributed by atoms with E-state index in [1.807, 2.05) is 13.8 Å². The molecule has 4 aliphatic rings. The van der Waals surface area contributed by atoms with Crippen molar-refractivity contribution in [3.05, 3.63) is 81.4 Å². The molecule has 0 aliphatic carbocycles. The number of likely N-dealkylation sites (N-methyl/N-ethyl adjacent to an activating group) is 2. The molecule has 6 heterocycles. The number of nitrogens with one attached hydrogen (secondary N) is 2. The Kier molecular flexibility index (Phi) is 11.7. The lowest BCUT2D eigenvalue weighted by molar-refractivity contribution is -0.138. The third kappa shape index (κ3) is 7.84. The van der Waals surface area contributed by atoms with Crippen molar-refractivity contribution in [3.8, 4) is 46.6 Å². The molecule has 332 valence electrons. The van der Waals surface area contributed by atoms with Crippen molar-refractivity contribution >= 4 is 35.4 Å². The Labute approximate surface area is 366 Å². The summed E-state index contributed by atoms with van der Waals surface area (Å²) in [6.07, 6.45) is 0.448. The van der Waals surface area contributed by atoms with Gasteiger partial charge in [0.1, 0.15) is 22.9 Å². The van der Waals surface area contributed by atoms with E-state index in [9.17, 15) is 39.0 Å². The van der Waals surface area contributed by atoms with E-state index in [-0.39, 0.29) is 60.4 Å². The molecule has 6 amide bonds. The van der Waals surface area contributed by atoms with Crippen LogP contribution >= 0.6 is 0 Å². The molecule has 4 aliphatic heterocycles. The number of ether oxygens (including phenoxy) is 2. The summed E-state index contributed by atoms with van der Waals surface area (Å²) in [5.41, 5.74) is 10.4. The SMILES string of the molecule is CNC(=O)c1c(C(N)=O)nn2c1[C@@H](C)COc1ccc(C#C[C@]3(O)CCN(C)C3=O)cc1-2.CNC(=O)c1c(C(N)=O)nn2c1[C@H](C)COc1ccc(C#C[C@]3(O)CCN(C)C3=O)cc1-2. The topological polar surface area (TPSA) is 280 Å². The second-order valence-electron chi connectivity index (χ2n) is 15.9. The van der Waals surface area contributed by atoms with Gasteiger partial charge in [0.15, 0.2) is 11.4 Å². The number of carbonyl (C=O) groups excluding carboxylic acids is 6. The molecule has 0 radical (unpaired) electrons. The molecule has 20 heteroatoms. The van der Waals surface area contributed by atoms with Crippen LogP contribution in [0.25, 0.3) is 11.4 Å². The summed E-state index contributed by atoms with van der Waals surface area (Å²) >= 11 is 0. The standard InChI is InChI=1S/2C22H23N5O5/c2*1-12-11-32-15-5-4-13(6-7-22(31)8-9-26(3)21(22)30)10-14(15)27-18(12)16(20(29)24-2)17(25-27)19(23)28/h2*4-5,10,12,31H,8-9,11H2,1-3H3,(H2,23,28)(H,24,29)/t12-,22+;12-,22-/m10/s1. The predicted molar refractivity (Wildman–Crippen MR) is 227 cm³/mol. The number of nitrogens with two attached hydrogens (primary N) is 2. The van der Waals surface area contributed by atoms with E-state index in [0.717, 1.165) is 0 Å². The number of aromatic nitrogens is 4. The molecule has 64 heavy (non-hydrogen) atoms. The highest BCUT2D eigenvalue weighted by molar-refractivity contribution is 6.07. The molecule has 4 atom stereocenters.